The molecular weight excluding hydrogens is 352 g/mol. The van der Waals surface area contributed by atoms with E-state index in [0.29, 0.717) is 22.1 Å². The van der Waals surface area contributed by atoms with E-state index in [1.165, 1.54) is 26.4 Å². The maximum absolute atomic E-state index is 12.2. The number of phenols is 1. The highest BCUT2D eigenvalue weighted by atomic mass is 35.5. The summed E-state index contributed by atoms with van der Waals surface area (Å²) < 4.78 is 34.6. The number of aromatic hydroxyl groups is 1. The van der Waals surface area contributed by atoms with Gasteiger partial charge in [0.15, 0.2) is 9.84 Å². The third-order valence-corrected chi connectivity index (χ3v) is 4.81. The molecule has 1 N–H and O–H groups in total. The van der Waals surface area contributed by atoms with Gasteiger partial charge < -0.3 is 14.6 Å². The van der Waals surface area contributed by atoms with E-state index in [1.807, 2.05) is 0 Å². The average Bonchev–Trinajstić information content (AvgIpc) is 2.54. The molecule has 0 aliphatic carbocycles. The van der Waals surface area contributed by atoms with Crippen molar-refractivity contribution in [1.29, 1.82) is 0 Å². The third-order valence-electron chi connectivity index (χ3n) is 3.27. The van der Waals surface area contributed by atoms with Gasteiger partial charge in [-0.1, -0.05) is 23.7 Å². The standard InChI is InChI=1S/C17H17ClO5S/c1-22-14-9-16(19)15(17(10-14)23-2)7-8-24(20,21)11-12-3-5-13(18)6-4-12/h3-10,19H,11H2,1-2H3/b8-7+. The van der Waals surface area contributed by atoms with Gasteiger partial charge in [-0.2, -0.15) is 0 Å². The zero-order valence-electron chi connectivity index (χ0n) is 13.2. The fourth-order valence-electron chi connectivity index (χ4n) is 2.07. The average molecular weight is 369 g/mol. The lowest BCUT2D eigenvalue weighted by Crippen LogP contribution is -2.00. The SMILES string of the molecule is COc1cc(O)c(/C=C/S(=O)(=O)Cc2ccc(Cl)cc2)c(OC)c1. The number of phenolic OH excluding ortho intramolecular Hbond substituents is 1. The van der Waals surface area contributed by atoms with Crippen molar-refractivity contribution in [2.45, 2.75) is 5.75 Å². The Morgan fingerprint density at radius 2 is 1.79 bits per heavy atom. The molecule has 0 saturated heterocycles. The molecule has 0 fully saturated rings. The maximum Gasteiger partial charge on any atom is 0.175 e. The molecule has 128 valence electrons. The van der Waals surface area contributed by atoms with Crippen LogP contribution in [0.3, 0.4) is 0 Å². The lowest BCUT2D eigenvalue weighted by molar-refractivity contribution is 0.384. The fourth-order valence-corrected chi connectivity index (χ4v) is 3.30. The Bertz CT molecular complexity index is 842. The molecule has 0 aliphatic rings. The summed E-state index contributed by atoms with van der Waals surface area (Å²) in [6, 6.07) is 9.51. The first-order chi connectivity index (χ1) is 11.3. The van der Waals surface area contributed by atoms with Gasteiger partial charge in [-0.3, -0.25) is 0 Å². The minimum absolute atomic E-state index is 0.135. The minimum Gasteiger partial charge on any atom is -0.507 e. The Kier molecular flexibility index (Phi) is 5.75. The van der Waals surface area contributed by atoms with E-state index in [-0.39, 0.29) is 17.1 Å². The Hall–Kier alpha value is -2.18. The van der Waals surface area contributed by atoms with Crippen LogP contribution in [0.15, 0.2) is 41.8 Å². The van der Waals surface area contributed by atoms with Crippen molar-refractivity contribution in [1.82, 2.24) is 0 Å². The normalized spacial score (nSPS) is 11.6. The zero-order chi connectivity index (χ0) is 17.7. The molecule has 2 rings (SSSR count). The maximum atomic E-state index is 12.2. The number of rotatable bonds is 6. The molecule has 0 aliphatic heterocycles. The Morgan fingerprint density at radius 1 is 1.12 bits per heavy atom. The van der Waals surface area contributed by atoms with Crippen LogP contribution in [0.4, 0.5) is 0 Å². The van der Waals surface area contributed by atoms with Crippen LogP contribution < -0.4 is 9.47 Å². The van der Waals surface area contributed by atoms with E-state index in [9.17, 15) is 13.5 Å². The molecule has 5 nitrogen and oxygen atoms in total. The zero-order valence-corrected chi connectivity index (χ0v) is 14.8. The predicted octanol–water partition coefficient (Wildman–Crippen LogP) is 3.65. The molecular formula is C17H17ClO5S. The van der Waals surface area contributed by atoms with Crippen molar-refractivity contribution >= 4 is 27.5 Å². The summed E-state index contributed by atoms with van der Waals surface area (Å²) in [6.07, 6.45) is 1.30. The van der Waals surface area contributed by atoms with Gasteiger partial charge >= 0.3 is 0 Å². The van der Waals surface area contributed by atoms with E-state index in [2.05, 4.69) is 0 Å². The van der Waals surface area contributed by atoms with E-state index in [4.69, 9.17) is 21.1 Å². The van der Waals surface area contributed by atoms with Crippen molar-refractivity contribution in [3.63, 3.8) is 0 Å². The molecule has 0 aromatic heterocycles. The molecule has 0 bridgehead atoms. The van der Waals surface area contributed by atoms with Crippen molar-refractivity contribution in [3.8, 4) is 17.2 Å². The van der Waals surface area contributed by atoms with E-state index in [1.54, 1.807) is 30.3 Å². The number of ether oxygens (including phenoxy) is 2. The van der Waals surface area contributed by atoms with Gasteiger partial charge in [0.05, 0.1) is 25.5 Å². The second-order valence-electron chi connectivity index (χ2n) is 5.00. The largest absolute Gasteiger partial charge is 0.507 e. The highest BCUT2D eigenvalue weighted by molar-refractivity contribution is 7.93. The molecule has 0 heterocycles. The van der Waals surface area contributed by atoms with Crippen LogP contribution in [0.5, 0.6) is 17.2 Å². The summed E-state index contributed by atoms with van der Waals surface area (Å²) in [5, 5.41) is 11.6. The van der Waals surface area contributed by atoms with Crippen molar-refractivity contribution in [3.05, 3.63) is 58.0 Å². The van der Waals surface area contributed by atoms with Gasteiger partial charge in [0.25, 0.3) is 0 Å². The number of methoxy groups -OCH3 is 2. The lowest BCUT2D eigenvalue weighted by atomic mass is 10.1. The summed E-state index contributed by atoms with van der Waals surface area (Å²) in [7, 11) is -0.642. The van der Waals surface area contributed by atoms with Gasteiger partial charge in [-0.25, -0.2) is 8.42 Å². The van der Waals surface area contributed by atoms with E-state index in [0.717, 1.165) is 5.41 Å². The number of halogens is 1. The Balaban J connectivity index is 2.27. The van der Waals surface area contributed by atoms with Gasteiger partial charge in [0, 0.05) is 22.6 Å². The van der Waals surface area contributed by atoms with Crippen molar-refractivity contribution in [2.24, 2.45) is 0 Å². The molecule has 0 saturated carbocycles. The first-order valence-corrected chi connectivity index (χ1v) is 9.04. The molecule has 7 heteroatoms. The summed E-state index contributed by atoms with van der Waals surface area (Å²) in [6.45, 7) is 0. The number of benzene rings is 2. The smallest absolute Gasteiger partial charge is 0.175 e. The highest BCUT2D eigenvalue weighted by Gasteiger charge is 2.12. The summed E-state index contributed by atoms with van der Waals surface area (Å²) >= 11 is 5.78. The monoisotopic (exact) mass is 368 g/mol. The van der Waals surface area contributed by atoms with E-state index < -0.39 is 9.84 Å². The third kappa shape index (κ3) is 4.66. The fraction of sp³-hybridized carbons (Fsp3) is 0.176. The minimum atomic E-state index is -3.52. The highest BCUT2D eigenvalue weighted by Crippen LogP contribution is 2.34. The second-order valence-corrected chi connectivity index (χ2v) is 7.32. The van der Waals surface area contributed by atoms with Gasteiger partial charge in [0.1, 0.15) is 17.2 Å². The van der Waals surface area contributed by atoms with Crippen LogP contribution in [0.25, 0.3) is 6.08 Å². The topological polar surface area (TPSA) is 72.8 Å². The van der Waals surface area contributed by atoms with Crippen LogP contribution in [-0.4, -0.2) is 27.7 Å². The van der Waals surface area contributed by atoms with Crippen LogP contribution >= 0.6 is 11.6 Å². The molecule has 0 spiro atoms. The summed E-state index contributed by atoms with van der Waals surface area (Å²) in [4.78, 5) is 0. The van der Waals surface area contributed by atoms with Crippen LogP contribution in [-0.2, 0) is 15.6 Å². The molecule has 0 atom stereocenters. The number of hydrogen-bond donors (Lipinski definition) is 1. The predicted molar refractivity (Wildman–Crippen MR) is 94.3 cm³/mol. The quantitative estimate of drug-likeness (QED) is 0.842. The number of sulfone groups is 1. The summed E-state index contributed by atoms with van der Waals surface area (Å²) in [5.41, 5.74) is 0.882. The van der Waals surface area contributed by atoms with Gasteiger partial charge in [-0.15, -0.1) is 0 Å². The molecule has 0 radical (unpaired) electrons. The van der Waals surface area contributed by atoms with Gasteiger partial charge in [0.2, 0.25) is 0 Å². The van der Waals surface area contributed by atoms with E-state index >= 15 is 0 Å². The molecule has 24 heavy (non-hydrogen) atoms. The Labute approximate surface area is 146 Å². The first-order valence-electron chi connectivity index (χ1n) is 6.95. The van der Waals surface area contributed by atoms with Crippen LogP contribution in [0.1, 0.15) is 11.1 Å². The molecule has 2 aromatic carbocycles. The molecule has 2 aromatic rings. The molecule has 0 amide bonds. The molecule has 0 unspecified atom stereocenters. The van der Waals surface area contributed by atoms with Crippen LogP contribution in [0, 0.1) is 0 Å². The Morgan fingerprint density at radius 3 is 2.38 bits per heavy atom. The van der Waals surface area contributed by atoms with Crippen LogP contribution in [0.2, 0.25) is 5.02 Å². The first kappa shape index (κ1) is 18.2. The van der Waals surface area contributed by atoms with Crippen molar-refractivity contribution in [2.75, 3.05) is 14.2 Å². The lowest BCUT2D eigenvalue weighted by Gasteiger charge is -2.09. The number of hydrogen-bond acceptors (Lipinski definition) is 5. The van der Waals surface area contributed by atoms with Gasteiger partial charge in [-0.05, 0) is 23.8 Å². The second kappa shape index (κ2) is 7.59. The van der Waals surface area contributed by atoms with Crippen molar-refractivity contribution < 1.29 is 23.0 Å². The summed E-state index contributed by atoms with van der Waals surface area (Å²) in [5.74, 6) is 0.416.